The summed E-state index contributed by atoms with van der Waals surface area (Å²) in [7, 11) is 0. The van der Waals surface area contributed by atoms with Gasteiger partial charge in [-0.3, -0.25) is 0 Å². The second kappa shape index (κ2) is 7.49. The van der Waals surface area contributed by atoms with E-state index in [0.29, 0.717) is 26.4 Å². The number of aliphatic hydroxyl groups excluding tert-OH is 2. The maximum atomic E-state index is 8.79. The van der Waals surface area contributed by atoms with Gasteiger partial charge in [-0.1, -0.05) is 0 Å². The summed E-state index contributed by atoms with van der Waals surface area (Å²) in [6.07, 6.45) is -0.858. The Hall–Kier alpha value is -0.160. The zero-order valence-electron chi connectivity index (χ0n) is 7.69. The van der Waals surface area contributed by atoms with Gasteiger partial charge >= 0.3 is 0 Å². The molecule has 74 valence electrons. The third-order valence-electron chi connectivity index (χ3n) is 1.09. The molecule has 0 rings (SSSR count). The molecule has 4 heteroatoms. The van der Waals surface area contributed by atoms with Gasteiger partial charge in [-0.25, -0.2) is 0 Å². The molecule has 0 amide bonds. The lowest BCUT2D eigenvalue weighted by Gasteiger charge is -2.07. The monoisotopic (exact) mass is 178 g/mol. The fourth-order valence-corrected chi connectivity index (χ4v) is 0.626. The highest BCUT2D eigenvalue weighted by Gasteiger charge is 1.96. The highest BCUT2D eigenvalue weighted by atomic mass is 16.5. The molecule has 2 atom stereocenters. The van der Waals surface area contributed by atoms with Crippen molar-refractivity contribution in [3.63, 3.8) is 0 Å². The van der Waals surface area contributed by atoms with Gasteiger partial charge in [0.15, 0.2) is 0 Å². The molecule has 0 aromatic rings. The highest BCUT2D eigenvalue weighted by molar-refractivity contribution is 4.43. The van der Waals surface area contributed by atoms with Gasteiger partial charge in [-0.05, 0) is 13.8 Å². The fourth-order valence-electron chi connectivity index (χ4n) is 0.626. The van der Waals surface area contributed by atoms with E-state index in [9.17, 15) is 0 Å². The number of aliphatic hydroxyl groups is 2. The fraction of sp³-hybridized carbons (Fsp3) is 1.00. The maximum absolute atomic E-state index is 8.79. The number of ether oxygens (including phenoxy) is 2. The summed E-state index contributed by atoms with van der Waals surface area (Å²) in [6.45, 7) is 4.90. The lowest BCUT2D eigenvalue weighted by atomic mass is 10.4. The SMILES string of the molecule is CC(O)COCCOCC(C)O. The van der Waals surface area contributed by atoms with E-state index in [0.717, 1.165) is 0 Å². The molecule has 4 nitrogen and oxygen atoms in total. The number of rotatable bonds is 7. The quantitative estimate of drug-likeness (QED) is 0.529. The summed E-state index contributed by atoms with van der Waals surface area (Å²) in [4.78, 5) is 0. The van der Waals surface area contributed by atoms with E-state index in [1.165, 1.54) is 0 Å². The van der Waals surface area contributed by atoms with Crippen molar-refractivity contribution in [3.05, 3.63) is 0 Å². The van der Waals surface area contributed by atoms with Gasteiger partial charge in [0.25, 0.3) is 0 Å². The van der Waals surface area contributed by atoms with Crippen molar-refractivity contribution in [2.24, 2.45) is 0 Å². The normalized spacial score (nSPS) is 16.0. The van der Waals surface area contributed by atoms with Crippen LogP contribution in [-0.4, -0.2) is 48.8 Å². The summed E-state index contributed by atoms with van der Waals surface area (Å²) >= 11 is 0. The van der Waals surface area contributed by atoms with E-state index < -0.39 is 12.2 Å². The second-order valence-corrected chi connectivity index (χ2v) is 2.85. The largest absolute Gasteiger partial charge is 0.391 e. The van der Waals surface area contributed by atoms with Crippen LogP contribution in [0.4, 0.5) is 0 Å². The molecule has 0 bridgehead atoms. The van der Waals surface area contributed by atoms with E-state index in [2.05, 4.69) is 0 Å². The lowest BCUT2D eigenvalue weighted by Crippen LogP contribution is -2.16. The predicted molar refractivity (Wildman–Crippen MR) is 45.0 cm³/mol. The summed E-state index contributed by atoms with van der Waals surface area (Å²) in [5.74, 6) is 0. The molecule has 0 heterocycles. The van der Waals surface area contributed by atoms with Crippen LogP contribution in [0.1, 0.15) is 13.8 Å². The molecular weight excluding hydrogens is 160 g/mol. The van der Waals surface area contributed by atoms with E-state index in [-0.39, 0.29) is 0 Å². The Morgan fingerprint density at radius 3 is 1.50 bits per heavy atom. The molecule has 0 saturated heterocycles. The standard InChI is InChI=1S/C8H18O4/c1-7(9)5-11-3-4-12-6-8(2)10/h7-10H,3-6H2,1-2H3. The van der Waals surface area contributed by atoms with E-state index in [1.54, 1.807) is 13.8 Å². The topological polar surface area (TPSA) is 58.9 Å². The molecule has 0 aliphatic heterocycles. The van der Waals surface area contributed by atoms with Gasteiger partial charge in [0.2, 0.25) is 0 Å². The first-order chi connectivity index (χ1) is 5.63. The molecule has 0 aromatic carbocycles. The number of hydrogen-bond donors (Lipinski definition) is 2. The molecule has 0 aliphatic rings. The van der Waals surface area contributed by atoms with Crippen LogP contribution < -0.4 is 0 Å². The average Bonchev–Trinajstić information content (AvgIpc) is 1.95. The minimum atomic E-state index is -0.429. The molecule has 2 N–H and O–H groups in total. The lowest BCUT2D eigenvalue weighted by molar-refractivity contribution is -0.0101. The van der Waals surface area contributed by atoms with E-state index in [1.807, 2.05) is 0 Å². The molecule has 0 aromatic heterocycles. The highest BCUT2D eigenvalue weighted by Crippen LogP contribution is 1.85. The first-order valence-electron chi connectivity index (χ1n) is 4.14. The van der Waals surface area contributed by atoms with Gasteiger partial charge in [-0.2, -0.15) is 0 Å². The van der Waals surface area contributed by atoms with Gasteiger partial charge in [0.05, 0.1) is 38.6 Å². The first kappa shape index (κ1) is 11.8. The van der Waals surface area contributed by atoms with Gasteiger partial charge in [0, 0.05) is 0 Å². The predicted octanol–water partition coefficient (Wildman–Crippen LogP) is -0.219. The Morgan fingerprint density at radius 2 is 1.25 bits per heavy atom. The van der Waals surface area contributed by atoms with Gasteiger partial charge < -0.3 is 19.7 Å². The zero-order chi connectivity index (χ0) is 9.40. The van der Waals surface area contributed by atoms with Crippen molar-refractivity contribution in [2.75, 3.05) is 26.4 Å². The Kier molecular flexibility index (Phi) is 7.39. The van der Waals surface area contributed by atoms with Crippen LogP contribution in [0, 0.1) is 0 Å². The van der Waals surface area contributed by atoms with Crippen LogP contribution in [0.15, 0.2) is 0 Å². The van der Waals surface area contributed by atoms with Crippen LogP contribution in [0.2, 0.25) is 0 Å². The van der Waals surface area contributed by atoms with Crippen LogP contribution in [-0.2, 0) is 9.47 Å². The molecular formula is C8H18O4. The molecule has 0 aliphatic carbocycles. The van der Waals surface area contributed by atoms with E-state index >= 15 is 0 Å². The van der Waals surface area contributed by atoms with Crippen molar-refractivity contribution < 1.29 is 19.7 Å². The molecule has 0 saturated carbocycles. The third-order valence-corrected chi connectivity index (χ3v) is 1.09. The van der Waals surface area contributed by atoms with Crippen LogP contribution >= 0.6 is 0 Å². The summed E-state index contributed by atoms with van der Waals surface area (Å²) in [5, 5.41) is 17.6. The van der Waals surface area contributed by atoms with Crippen molar-refractivity contribution in [3.8, 4) is 0 Å². The minimum Gasteiger partial charge on any atom is -0.391 e. The van der Waals surface area contributed by atoms with Crippen molar-refractivity contribution in [1.29, 1.82) is 0 Å². The average molecular weight is 178 g/mol. The van der Waals surface area contributed by atoms with Crippen molar-refractivity contribution >= 4 is 0 Å². The Morgan fingerprint density at radius 1 is 0.917 bits per heavy atom. The van der Waals surface area contributed by atoms with Crippen molar-refractivity contribution in [1.82, 2.24) is 0 Å². The Labute approximate surface area is 73.1 Å². The zero-order valence-corrected chi connectivity index (χ0v) is 7.69. The maximum Gasteiger partial charge on any atom is 0.0745 e. The van der Waals surface area contributed by atoms with Gasteiger partial charge in [0.1, 0.15) is 0 Å². The molecule has 0 radical (unpaired) electrons. The summed E-state index contributed by atoms with van der Waals surface area (Å²) in [5.41, 5.74) is 0. The van der Waals surface area contributed by atoms with E-state index in [4.69, 9.17) is 19.7 Å². The summed E-state index contributed by atoms with van der Waals surface area (Å²) < 4.78 is 10.0. The first-order valence-corrected chi connectivity index (χ1v) is 4.14. The Bertz CT molecular complexity index is 81.1. The van der Waals surface area contributed by atoms with Gasteiger partial charge in [-0.15, -0.1) is 0 Å². The molecule has 2 unspecified atom stereocenters. The van der Waals surface area contributed by atoms with Crippen LogP contribution in [0.3, 0.4) is 0 Å². The second-order valence-electron chi connectivity index (χ2n) is 2.85. The van der Waals surface area contributed by atoms with Crippen molar-refractivity contribution in [2.45, 2.75) is 26.1 Å². The Balaban J connectivity index is 2.91. The van der Waals surface area contributed by atoms with Crippen LogP contribution in [0.5, 0.6) is 0 Å². The summed E-state index contributed by atoms with van der Waals surface area (Å²) in [6, 6.07) is 0. The third kappa shape index (κ3) is 9.84. The molecule has 0 spiro atoms. The smallest absolute Gasteiger partial charge is 0.0745 e. The minimum absolute atomic E-state index is 0.331. The number of hydrogen-bond acceptors (Lipinski definition) is 4. The molecule has 0 fully saturated rings. The molecule has 12 heavy (non-hydrogen) atoms. The van der Waals surface area contributed by atoms with Crippen LogP contribution in [0.25, 0.3) is 0 Å².